The Balaban J connectivity index is 2.13. The van der Waals surface area contributed by atoms with Crippen LogP contribution in [0.1, 0.15) is 56.3 Å². The van der Waals surface area contributed by atoms with E-state index in [9.17, 15) is 0 Å². The SMILES string of the molecule is COCCCN(N)/N=C(\N)C/C(=C(/N)c1ccc(OC2CCCCC2)c(C)n1)N(C)N. The summed E-state index contributed by atoms with van der Waals surface area (Å²) in [5.74, 6) is 13.0. The van der Waals surface area contributed by atoms with Gasteiger partial charge in [-0.1, -0.05) is 6.42 Å². The maximum Gasteiger partial charge on any atom is 0.140 e. The highest BCUT2D eigenvalue weighted by Gasteiger charge is 2.18. The average molecular weight is 435 g/mol. The summed E-state index contributed by atoms with van der Waals surface area (Å²) in [7, 11) is 3.33. The molecule has 0 bridgehead atoms. The van der Waals surface area contributed by atoms with Crippen LogP contribution in [-0.4, -0.2) is 54.4 Å². The number of aromatic nitrogens is 1. The number of aryl methyl sites for hydroxylation is 1. The minimum absolute atomic E-state index is 0.234. The van der Waals surface area contributed by atoms with Gasteiger partial charge in [0.15, 0.2) is 0 Å². The fourth-order valence-electron chi connectivity index (χ4n) is 3.54. The highest BCUT2D eigenvalue weighted by molar-refractivity contribution is 5.84. The molecule has 1 saturated carbocycles. The summed E-state index contributed by atoms with van der Waals surface area (Å²) in [6.45, 7) is 3.03. The largest absolute Gasteiger partial charge is 0.489 e. The van der Waals surface area contributed by atoms with Crippen LogP contribution < -0.4 is 27.9 Å². The highest BCUT2D eigenvalue weighted by Crippen LogP contribution is 2.26. The summed E-state index contributed by atoms with van der Waals surface area (Å²) in [6.07, 6.45) is 7.13. The molecule has 0 unspecified atom stereocenters. The third-order valence-corrected chi connectivity index (χ3v) is 5.24. The van der Waals surface area contributed by atoms with E-state index in [-0.39, 0.29) is 12.5 Å². The molecule has 1 fully saturated rings. The molecule has 0 saturated heterocycles. The minimum atomic E-state index is 0.234. The zero-order valence-electron chi connectivity index (χ0n) is 19.0. The van der Waals surface area contributed by atoms with Gasteiger partial charge in [-0.25, -0.2) is 21.8 Å². The van der Waals surface area contributed by atoms with E-state index in [2.05, 4.69) is 10.1 Å². The Morgan fingerprint density at radius 3 is 2.52 bits per heavy atom. The monoisotopic (exact) mass is 434 g/mol. The Hall–Kier alpha value is -2.56. The molecule has 1 aliphatic rings. The molecular weight excluding hydrogens is 396 g/mol. The number of hydrazine groups is 2. The summed E-state index contributed by atoms with van der Waals surface area (Å²) in [5, 5.41) is 6.90. The van der Waals surface area contributed by atoms with E-state index >= 15 is 0 Å². The van der Waals surface area contributed by atoms with Crippen molar-refractivity contribution in [3.8, 4) is 5.75 Å². The summed E-state index contributed by atoms with van der Waals surface area (Å²) < 4.78 is 11.2. The molecule has 0 radical (unpaired) electrons. The van der Waals surface area contributed by atoms with E-state index < -0.39 is 0 Å². The number of methoxy groups -OCH3 is 1. The third-order valence-electron chi connectivity index (χ3n) is 5.24. The number of amidine groups is 1. The van der Waals surface area contributed by atoms with Gasteiger partial charge in [0, 0.05) is 20.8 Å². The smallest absolute Gasteiger partial charge is 0.140 e. The van der Waals surface area contributed by atoms with E-state index in [0.29, 0.717) is 36.1 Å². The maximum absolute atomic E-state index is 6.40. The van der Waals surface area contributed by atoms with Crippen LogP contribution in [0, 0.1) is 6.92 Å². The minimum Gasteiger partial charge on any atom is -0.489 e. The molecule has 0 spiro atoms. The molecule has 10 heteroatoms. The molecule has 174 valence electrons. The highest BCUT2D eigenvalue weighted by atomic mass is 16.5. The maximum atomic E-state index is 6.40. The normalized spacial score (nSPS) is 16.1. The molecule has 1 aromatic heterocycles. The second-order valence-corrected chi connectivity index (χ2v) is 7.91. The van der Waals surface area contributed by atoms with Crippen molar-refractivity contribution >= 4 is 11.5 Å². The van der Waals surface area contributed by atoms with Gasteiger partial charge in [-0.2, -0.15) is 0 Å². The van der Waals surface area contributed by atoms with Crippen molar-refractivity contribution < 1.29 is 9.47 Å². The van der Waals surface area contributed by atoms with Crippen LogP contribution in [0.25, 0.3) is 5.70 Å². The first-order valence-corrected chi connectivity index (χ1v) is 10.8. The van der Waals surface area contributed by atoms with Gasteiger partial charge in [-0.3, -0.25) is 0 Å². The second kappa shape index (κ2) is 12.3. The molecule has 0 aromatic carbocycles. The number of ether oxygens (including phenoxy) is 2. The molecule has 0 atom stereocenters. The van der Waals surface area contributed by atoms with Gasteiger partial charge >= 0.3 is 0 Å². The quantitative estimate of drug-likeness (QED) is 0.133. The molecule has 0 aliphatic heterocycles. The molecular formula is C21H38N8O2. The molecule has 31 heavy (non-hydrogen) atoms. The Morgan fingerprint density at radius 1 is 1.19 bits per heavy atom. The zero-order chi connectivity index (χ0) is 22.8. The van der Waals surface area contributed by atoms with Crippen molar-refractivity contribution in [2.75, 3.05) is 27.3 Å². The standard InChI is InChI=1S/C21H38N8O2/c1-15-19(31-16-8-5-4-6-9-16)11-10-17(26-15)21(23)18(28(2)24)14-20(22)27-29(25)12-7-13-30-3/h10-11,16H,4-9,12-14,23-25H2,1-3H3,(H2,22,27)/b21-18-. The van der Waals surface area contributed by atoms with Gasteiger partial charge in [0.1, 0.15) is 11.6 Å². The van der Waals surface area contributed by atoms with Crippen LogP contribution in [0.3, 0.4) is 0 Å². The summed E-state index contributed by atoms with van der Waals surface area (Å²) in [4.78, 5) is 4.64. The van der Waals surface area contributed by atoms with E-state index in [1.54, 1.807) is 14.2 Å². The predicted octanol–water partition coefficient (Wildman–Crippen LogP) is 1.41. The van der Waals surface area contributed by atoms with E-state index in [4.69, 9.17) is 32.6 Å². The van der Waals surface area contributed by atoms with Crippen LogP contribution >= 0.6 is 0 Å². The van der Waals surface area contributed by atoms with Crippen molar-refractivity contribution in [2.24, 2.45) is 28.3 Å². The second-order valence-electron chi connectivity index (χ2n) is 7.91. The van der Waals surface area contributed by atoms with Crippen molar-refractivity contribution in [1.29, 1.82) is 0 Å². The van der Waals surface area contributed by atoms with E-state index in [0.717, 1.165) is 30.7 Å². The number of hydrazone groups is 1. The number of rotatable bonds is 11. The topological polar surface area (TPSA) is 154 Å². The fourth-order valence-corrected chi connectivity index (χ4v) is 3.54. The molecule has 0 amide bonds. The van der Waals surface area contributed by atoms with Gasteiger partial charge in [-0.05, 0) is 51.2 Å². The average Bonchev–Trinajstić information content (AvgIpc) is 2.73. The Bertz CT molecular complexity index is 760. The lowest BCUT2D eigenvalue weighted by atomic mass is 9.98. The van der Waals surface area contributed by atoms with Crippen LogP contribution in [0.5, 0.6) is 5.75 Å². The van der Waals surface area contributed by atoms with Gasteiger partial charge < -0.3 is 25.9 Å². The molecule has 8 N–H and O–H groups in total. The van der Waals surface area contributed by atoms with Crippen LogP contribution in [-0.2, 0) is 4.74 Å². The summed E-state index contributed by atoms with van der Waals surface area (Å²) >= 11 is 0. The lowest BCUT2D eigenvalue weighted by Crippen LogP contribution is -2.34. The number of hydrogen-bond donors (Lipinski definition) is 4. The summed E-state index contributed by atoms with van der Waals surface area (Å²) in [5.41, 5.74) is 14.9. The van der Waals surface area contributed by atoms with Crippen molar-refractivity contribution in [3.05, 3.63) is 29.2 Å². The van der Waals surface area contributed by atoms with Gasteiger partial charge in [0.05, 0.1) is 41.9 Å². The lowest BCUT2D eigenvalue weighted by molar-refractivity contribution is 0.153. The first kappa shape index (κ1) is 24.7. The zero-order valence-corrected chi connectivity index (χ0v) is 19.0. The Morgan fingerprint density at radius 2 is 1.90 bits per heavy atom. The van der Waals surface area contributed by atoms with Crippen molar-refractivity contribution in [1.82, 2.24) is 15.1 Å². The first-order valence-electron chi connectivity index (χ1n) is 10.8. The molecule has 1 aromatic rings. The van der Waals surface area contributed by atoms with Gasteiger partial charge in [0.2, 0.25) is 0 Å². The first-order chi connectivity index (χ1) is 14.8. The summed E-state index contributed by atoms with van der Waals surface area (Å²) in [6, 6.07) is 3.76. The number of hydrogen-bond acceptors (Lipinski definition) is 9. The van der Waals surface area contributed by atoms with Crippen molar-refractivity contribution in [3.63, 3.8) is 0 Å². The molecule has 10 nitrogen and oxygen atoms in total. The number of nitrogens with zero attached hydrogens (tertiary/aromatic N) is 4. The fraction of sp³-hybridized carbons (Fsp3) is 0.619. The van der Waals surface area contributed by atoms with Gasteiger partial charge in [0.25, 0.3) is 0 Å². The van der Waals surface area contributed by atoms with E-state index in [1.165, 1.54) is 29.4 Å². The Kier molecular flexibility index (Phi) is 9.83. The van der Waals surface area contributed by atoms with Crippen LogP contribution in [0.15, 0.2) is 22.9 Å². The van der Waals surface area contributed by atoms with Crippen molar-refractivity contribution in [2.45, 2.75) is 58.0 Å². The third kappa shape index (κ3) is 7.89. The molecule has 1 aliphatic carbocycles. The van der Waals surface area contributed by atoms with Gasteiger partial charge in [-0.15, -0.1) is 5.10 Å². The van der Waals surface area contributed by atoms with Crippen LogP contribution in [0.2, 0.25) is 0 Å². The number of pyridine rings is 1. The molecule has 2 rings (SSSR count). The Labute approximate surface area is 185 Å². The lowest BCUT2D eigenvalue weighted by Gasteiger charge is -2.24. The number of nitrogens with two attached hydrogens (primary N) is 4. The van der Waals surface area contributed by atoms with Crippen LogP contribution in [0.4, 0.5) is 0 Å². The predicted molar refractivity (Wildman–Crippen MR) is 123 cm³/mol. The van der Waals surface area contributed by atoms with E-state index in [1.807, 2.05) is 19.1 Å². The molecule has 1 heterocycles.